The monoisotopic (exact) mass is 512 g/mol. The Morgan fingerprint density at radius 1 is 1.11 bits per heavy atom. The predicted molar refractivity (Wildman–Crippen MR) is 135 cm³/mol. The maximum atomic E-state index is 12.9. The number of phenols is 1. The lowest BCUT2D eigenvalue weighted by Crippen LogP contribution is -2.39. The van der Waals surface area contributed by atoms with Crippen LogP contribution in [-0.4, -0.2) is 39.6 Å². The fraction of sp³-hybridized carbons (Fsp3) is 0.269. The first-order valence-electron chi connectivity index (χ1n) is 11.3. The molecule has 0 saturated carbocycles. The number of esters is 1. The highest BCUT2D eigenvalue weighted by Crippen LogP contribution is 2.38. The summed E-state index contributed by atoms with van der Waals surface area (Å²) in [6.45, 7) is 5.00. The second kappa shape index (κ2) is 13.0. The van der Waals surface area contributed by atoms with Gasteiger partial charge in [0.25, 0.3) is 0 Å². The van der Waals surface area contributed by atoms with Gasteiger partial charge in [0.05, 0.1) is 24.0 Å². The zero-order valence-electron chi connectivity index (χ0n) is 20.2. The quantitative estimate of drug-likeness (QED) is 0.181. The summed E-state index contributed by atoms with van der Waals surface area (Å²) in [6, 6.07) is 14.6. The molecule has 3 aromatic rings. The first-order chi connectivity index (χ1) is 17.3. The Bertz CT molecular complexity index is 1160. The van der Waals surface area contributed by atoms with Crippen molar-refractivity contribution in [3.63, 3.8) is 0 Å². The smallest absolute Gasteiger partial charge is 0.324 e. The first kappa shape index (κ1) is 27.1. The van der Waals surface area contributed by atoms with Gasteiger partial charge in [-0.05, 0) is 57.0 Å². The SMILES string of the molecule is Cc1ncc(COP(NC(Cc2ccc(O)cc2)C(=O)OC(C)C)Oc2ccccc2)c(C=O)c1O. The van der Waals surface area contributed by atoms with Crippen molar-refractivity contribution >= 4 is 20.8 Å². The lowest BCUT2D eigenvalue weighted by atomic mass is 10.1. The van der Waals surface area contributed by atoms with Crippen molar-refractivity contribution in [1.29, 1.82) is 0 Å². The molecular weight excluding hydrogens is 483 g/mol. The van der Waals surface area contributed by atoms with Gasteiger partial charge in [0, 0.05) is 11.8 Å². The van der Waals surface area contributed by atoms with Gasteiger partial charge in [0.1, 0.15) is 23.3 Å². The van der Waals surface area contributed by atoms with Gasteiger partial charge in [0.15, 0.2) is 6.29 Å². The molecule has 3 N–H and O–H groups in total. The van der Waals surface area contributed by atoms with Crippen LogP contribution in [0.4, 0.5) is 0 Å². The van der Waals surface area contributed by atoms with Crippen LogP contribution in [0.25, 0.3) is 0 Å². The van der Waals surface area contributed by atoms with E-state index < -0.39 is 20.5 Å². The third-order valence-corrected chi connectivity index (χ3v) is 6.28. The number of nitrogens with zero attached hydrogens (tertiary/aromatic N) is 1. The fourth-order valence-corrected chi connectivity index (χ4v) is 4.39. The Morgan fingerprint density at radius 2 is 1.81 bits per heavy atom. The maximum Gasteiger partial charge on any atom is 0.324 e. The van der Waals surface area contributed by atoms with E-state index in [2.05, 4.69) is 10.1 Å². The molecule has 0 spiro atoms. The number of aromatic nitrogens is 1. The number of pyridine rings is 1. The van der Waals surface area contributed by atoms with E-state index in [4.69, 9.17) is 13.8 Å². The molecule has 0 bridgehead atoms. The van der Waals surface area contributed by atoms with Gasteiger partial charge < -0.3 is 24.0 Å². The summed E-state index contributed by atoms with van der Waals surface area (Å²) < 4.78 is 17.5. The molecule has 0 aliphatic heterocycles. The number of nitrogens with one attached hydrogen (secondary N) is 1. The minimum Gasteiger partial charge on any atom is -0.508 e. The topological polar surface area (TPSA) is 127 Å². The second-order valence-corrected chi connectivity index (χ2v) is 9.43. The van der Waals surface area contributed by atoms with Crippen LogP contribution in [0.3, 0.4) is 0 Å². The molecule has 3 rings (SSSR count). The molecule has 10 heteroatoms. The van der Waals surface area contributed by atoms with E-state index in [1.165, 1.54) is 18.3 Å². The molecule has 9 nitrogen and oxygen atoms in total. The number of hydrogen-bond acceptors (Lipinski definition) is 9. The van der Waals surface area contributed by atoms with Crippen LogP contribution in [0.2, 0.25) is 0 Å². The minimum atomic E-state index is -1.92. The number of aromatic hydroxyl groups is 2. The van der Waals surface area contributed by atoms with Crippen molar-refractivity contribution in [2.24, 2.45) is 0 Å². The Balaban J connectivity index is 1.85. The molecule has 1 aromatic heterocycles. The van der Waals surface area contributed by atoms with Crippen molar-refractivity contribution in [3.05, 3.63) is 83.2 Å². The van der Waals surface area contributed by atoms with E-state index in [1.807, 2.05) is 6.07 Å². The number of carbonyl (C=O) groups is 2. The average Bonchev–Trinajstić information content (AvgIpc) is 2.85. The van der Waals surface area contributed by atoms with E-state index in [0.717, 1.165) is 5.56 Å². The Kier molecular flexibility index (Phi) is 9.76. The highest BCUT2D eigenvalue weighted by molar-refractivity contribution is 7.45. The summed E-state index contributed by atoms with van der Waals surface area (Å²) in [5.74, 6) is -0.0729. The summed E-state index contributed by atoms with van der Waals surface area (Å²) in [5.41, 5.74) is 1.57. The number of hydrogen-bond donors (Lipinski definition) is 3. The van der Waals surface area contributed by atoms with Crippen LogP contribution in [0.5, 0.6) is 17.2 Å². The zero-order valence-corrected chi connectivity index (χ0v) is 21.1. The van der Waals surface area contributed by atoms with Gasteiger partial charge in [-0.25, -0.2) is 5.09 Å². The number of aryl methyl sites for hydroxylation is 1. The molecule has 190 valence electrons. The summed E-state index contributed by atoms with van der Waals surface area (Å²) in [6.07, 6.45) is 1.92. The molecule has 0 radical (unpaired) electrons. The number of para-hydroxylation sites is 1. The van der Waals surface area contributed by atoms with Gasteiger partial charge in [-0.15, -0.1) is 0 Å². The van der Waals surface area contributed by atoms with E-state index in [1.54, 1.807) is 57.2 Å². The van der Waals surface area contributed by atoms with Gasteiger partial charge in [-0.3, -0.25) is 14.6 Å². The second-order valence-electron chi connectivity index (χ2n) is 8.22. The van der Waals surface area contributed by atoms with Crippen molar-refractivity contribution in [3.8, 4) is 17.2 Å². The molecule has 2 aromatic carbocycles. The Labute approximate surface area is 211 Å². The van der Waals surface area contributed by atoms with E-state index >= 15 is 0 Å². The number of phenolic OH excluding ortho intramolecular Hbond substituents is 1. The zero-order chi connectivity index (χ0) is 26.1. The van der Waals surface area contributed by atoms with E-state index in [0.29, 0.717) is 23.3 Å². The number of rotatable bonds is 12. The molecule has 2 atom stereocenters. The van der Waals surface area contributed by atoms with Crippen LogP contribution in [0.1, 0.15) is 41.0 Å². The molecule has 0 fully saturated rings. The molecule has 0 aliphatic carbocycles. The van der Waals surface area contributed by atoms with Crippen molar-refractivity contribution < 1.29 is 33.6 Å². The van der Waals surface area contributed by atoms with Gasteiger partial charge in [-0.1, -0.05) is 30.3 Å². The summed E-state index contributed by atoms with van der Waals surface area (Å²) in [7, 11) is -1.92. The Hall–Kier alpha value is -3.52. The average molecular weight is 512 g/mol. The third-order valence-electron chi connectivity index (χ3n) is 5.02. The number of aldehydes is 1. The highest BCUT2D eigenvalue weighted by atomic mass is 31.2. The van der Waals surface area contributed by atoms with Gasteiger partial charge in [0.2, 0.25) is 0 Å². The highest BCUT2D eigenvalue weighted by Gasteiger charge is 2.28. The molecule has 1 heterocycles. The van der Waals surface area contributed by atoms with Crippen molar-refractivity contribution in [1.82, 2.24) is 10.1 Å². The van der Waals surface area contributed by atoms with Crippen LogP contribution in [-0.2, 0) is 27.1 Å². The lowest BCUT2D eigenvalue weighted by molar-refractivity contribution is -0.149. The molecule has 0 aliphatic rings. The molecule has 2 unspecified atom stereocenters. The van der Waals surface area contributed by atoms with Crippen LogP contribution >= 0.6 is 8.53 Å². The fourth-order valence-electron chi connectivity index (χ4n) is 3.19. The lowest BCUT2D eigenvalue weighted by Gasteiger charge is -2.25. The standard InChI is InChI=1S/C26H29N2O7P/c1-17(2)34-26(32)24(13-19-9-11-21(30)12-10-19)28-36(35-22-7-5-4-6-8-22)33-16-20-14-27-18(3)25(31)23(20)15-29/h4-12,14-15,17,24,28,30-31H,13,16H2,1-3H3. The van der Waals surface area contributed by atoms with Crippen LogP contribution in [0.15, 0.2) is 60.8 Å². The largest absolute Gasteiger partial charge is 0.508 e. The Morgan fingerprint density at radius 3 is 2.44 bits per heavy atom. The molecular formula is C26H29N2O7P. The van der Waals surface area contributed by atoms with Crippen molar-refractivity contribution in [2.75, 3.05) is 0 Å². The third kappa shape index (κ3) is 7.75. The van der Waals surface area contributed by atoms with E-state index in [9.17, 15) is 19.8 Å². The normalized spacial score (nSPS) is 12.7. The van der Waals surface area contributed by atoms with Crippen LogP contribution in [0, 0.1) is 6.92 Å². The van der Waals surface area contributed by atoms with E-state index in [-0.39, 0.29) is 36.2 Å². The summed E-state index contributed by atoms with van der Waals surface area (Å²) in [5, 5.41) is 22.9. The van der Waals surface area contributed by atoms with Gasteiger partial charge in [-0.2, -0.15) is 0 Å². The number of carbonyl (C=O) groups excluding carboxylic acids is 2. The molecule has 0 amide bonds. The molecule has 36 heavy (non-hydrogen) atoms. The summed E-state index contributed by atoms with van der Waals surface area (Å²) >= 11 is 0. The number of benzene rings is 2. The summed E-state index contributed by atoms with van der Waals surface area (Å²) in [4.78, 5) is 28.6. The predicted octanol–water partition coefficient (Wildman–Crippen LogP) is 4.59. The van der Waals surface area contributed by atoms with Crippen LogP contribution < -0.4 is 9.61 Å². The first-order valence-corrected chi connectivity index (χ1v) is 12.5. The number of ether oxygens (including phenoxy) is 1. The van der Waals surface area contributed by atoms with Gasteiger partial charge >= 0.3 is 14.5 Å². The molecule has 0 saturated heterocycles. The van der Waals surface area contributed by atoms with Crippen molar-refractivity contribution in [2.45, 2.75) is 45.9 Å². The minimum absolute atomic E-state index is 0.0806. The maximum absolute atomic E-state index is 12.9.